The largest absolute Gasteiger partial charge is 0.497 e. The Morgan fingerprint density at radius 1 is 1.44 bits per heavy atom. The predicted octanol–water partition coefficient (Wildman–Crippen LogP) is 2.57. The lowest BCUT2D eigenvalue weighted by Crippen LogP contribution is -2.45. The van der Waals surface area contributed by atoms with Crippen LogP contribution in [0.25, 0.3) is 0 Å². The van der Waals surface area contributed by atoms with Crippen LogP contribution < -0.4 is 15.8 Å². The highest BCUT2D eigenvalue weighted by Crippen LogP contribution is 2.39. The van der Waals surface area contributed by atoms with Crippen LogP contribution in [0.15, 0.2) is 18.2 Å². The fourth-order valence-electron chi connectivity index (χ4n) is 2.39. The van der Waals surface area contributed by atoms with Gasteiger partial charge in [0.1, 0.15) is 5.75 Å². The highest BCUT2D eigenvalue weighted by Gasteiger charge is 2.34. The van der Waals surface area contributed by atoms with E-state index >= 15 is 0 Å². The Bertz CT molecular complexity index is 399. The zero-order chi connectivity index (χ0) is 13.0. The fraction of sp³-hybridized carbons (Fsp3) is 0.571. The molecule has 1 aromatic rings. The molecule has 4 heteroatoms. The van der Waals surface area contributed by atoms with E-state index in [-0.39, 0.29) is 0 Å². The number of halogens is 1. The Morgan fingerprint density at radius 3 is 2.72 bits per heavy atom. The number of hydrogen-bond acceptors (Lipinski definition) is 3. The van der Waals surface area contributed by atoms with Crippen LogP contribution in [-0.2, 0) is 6.54 Å². The summed E-state index contributed by atoms with van der Waals surface area (Å²) >= 11 is 6.20. The zero-order valence-electron chi connectivity index (χ0n) is 10.8. The summed E-state index contributed by atoms with van der Waals surface area (Å²) in [6.45, 7) is 2.53. The summed E-state index contributed by atoms with van der Waals surface area (Å²) in [6.07, 6.45) is 3.79. The fourth-order valence-corrected chi connectivity index (χ4v) is 2.63. The molecule has 1 aliphatic carbocycles. The van der Waals surface area contributed by atoms with E-state index in [1.165, 1.54) is 19.3 Å². The lowest BCUT2D eigenvalue weighted by Gasteiger charge is -2.41. The van der Waals surface area contributed by atoms with Crippen LogP contribution in [0.3, 0.4) is 0 Å². The monoisotopic (exact) mass is 268 g/mol. The molecule has 0 heterocycles. The van der Waals surface area contributed by atoms with Crippen LogP contribution in [-0.4, -0.2) is 20.2 Å². The Balaban J connectivity index is 1.86. The summed E-state index contributed by atoms with van der Waals surface area (Å²) in [4.78, 5) is 0. The van der Waals surface area contributed by atoms with Crippen molar-refractivity contribution in [3.63, 3.8) is 0 Å². The van der Waals surface area contributed by atoms with E-state index in [1.807, 2.05) is 18.2 Å². The molecule has 1 aromatic carbocycles. The molecule has 1 aliphatic rings. The predicted molar refractivity (Wildman–Crippen MR) is 75.0 cm³/mol. The zero-order valence-corrected chi connectivity index (χ0v) is 11.6. The quantitative estimate of drug-likeness (QED) is 0.834. The minimum atomic E-state index is 0.332. The Labute approximate surface area is 114 Å². The summed E-state index contributed by atoms with van der Waals surface area (Å²) in [5, 5.41) is 4.22. The van der Waals surface area contributed by atoms with Gasteiger partial charge in [0.2, 0.25) is 0 Å². The summed E-state index contributed by atoms with van der Waals surface area (Å²) in [5.74, 6) is 0.793. The SMILES string of the molecule is COc1ccc(CNCC2(CN)CCC2)c(Cl)c1. The van der Waals surface area contributed by atoms with Crippen LogP contribution in [0.5, 0.6) is 5.75 Å². The van der Waals surface area contributed by atoms with Crippen molar-refractivity contribution in [2.75, 3.05) is 20.2 Å². The van der Waals surface area contributed by atoms with Crippen LogP contribution in [0, 0.1) is 5.41 Å². The van der Waals surface area contributed by atoms with Crippen molar-refractivity contribution in [2.24, 2.45) is 11.1 Å². The van der Waals surface area contributed by atoms with Crippen molar-refractivity contribution < 1.29 is 4.74 Å². The van der Waals surface area contributed by atoms with E-state index in [0.29, 0.717) is 5.41 Å². The second-order valence-corrected chi connectivity index (χ2v) is 5.53. The van der Waals surface area contributed by atoms with Crippen molar-refractivity contribution in [1.82, 2.24) is 5.32 Å². The Kier molecular flexibility index (Phi) is 4.49. The maximum absolute atomic E-state index is 6.20. The number of methoxy groups -OCH3 is 1. The van der Waals surface area contributed by atoms with E-state index in [0.717, 1.165) is 36.0 Å². The average molecular weight is 269 g/mol. The molecule has 3 N–H and O–H groups in total. The molecule has 0 saturated heterocycles. The number of nitrogens with one attached hydrogen (secondary N) is 1. The molecule has 0 spiro atoms. The van der Waals surface area contributed by atoms with Gasteiger partial charge in [0, 0.05) is 18.1 Å². The van der Waals surface area contributed by atoms with Gasteiger partial charge in [-0.05, 0) is 42.5 Å². The average Bonchev–Trinajstić information content (AvgIpc) is 2.34. The summed E-state index contributed by atoms with van der Waals surface area (Å²) in [5.41, 5.74) is 7.27. The van der Waals surface area contributed by atoms with Crippen LogP contribution in [0.1, 0.15) is 24.8 Å². The van der Waals surface area contributed by atoms with Crippen molar-refractivity contribution in [1.29, 1.82) is 0 Å². The number of ether oxygens (including phenoxy) is 1. The molecule has 1 saturated carbocycles. The molecule has 2 rings (SSSR count). The number of benzene rings is 1. The van der Waals surface area contributed by atoms with Gasteiger partial charge in [-0.25, -0.2) is 0 Å². The summed E-state index contributed by atoms with van der Waals surface area (Å²) in [6, 6.07) is 5.79. The highest BCUT2D eigenvalue weighted by atomic mass is 35.5. The molecule has 3 nitrogen and oxygen atoms in total. The smallest absolute Gasteiger partial charge is 0.120 e. The van der Waals surface area contributed by atoms with Gasteiger partial charge in [0.05, 0.1) is 7.11 Å². The van der Waals surface area contributed by atoms with Gasteiger partial charge in [-0.3, -0.25) is 0 Å². The molecule has 1 fully saturated rings. The topological polar surface area (TPSA) is 47.3 Å². The summed E-state index contributed by atoms with van der Waals surface area (Å²) in [7, 11) is 1.64. The first-order valence-corrected chi connectivity index (χ1v) is 6.80. The first-order valence-electron chi connectivity index (χ1n) is 6.42. The van der Waals surface area contributed by atoms with E-state index in [9.17, 15) is 0 Å². The van der Waals surface area contributed by atoms with Crippen LogP contribution in [0.4, 0.5) is 0 Å². The summed E-state index contributed by atoms with van der Waals surface area (Å²) < 4.78 is 5.13. The van der Waals surface area contributed by atoms with Crippen molar-refractivity contribution in [3.05, 3.63) is 28.8 Å². The number of nitrogens with two attached hydrogens (primary N) is 1. The van der Waals surface area contributed by atoms with E-state index < -0.39 is 0 Å². The van der Waals surface area contributed by atoms with Crippen molar-refractivity contribution >= 4 is 11.6 Å². The molecular formula is C14H21ClN2O. The number of rotatable bonds is 6. The van der Waals surface area contributed by atoms with Gasteiger partial charge in [0.15, 0.2) is 0 Å². The molecule has 0 amide bonds. The van der Waals surface area contributed by atoms with Crippen molar-refractivity contribution in [3.8, 4) is 5.75 Å². The number of hydrogen-bond donors (Lipinski definition) is 2. The Morgan fingerprint density at radius 2 is 2.22 bits per heavy atom. The maximum atomic E-state index is 6.20. The van der Waals surface area contributed by atoms with E-state index in [4.69, 9.17) is 22.1 Å². The Hall–Kier alpha value is -0.770. The second-order valence-electron chi connectivity index (χ2n) is 5.12. The third kappa shape index (κ3) is 2.97. The van der Waals surface area contributed by atoms with E-state index in [1.54, 1.807) is 7.11 Å². The highest BCUT2D eigenvalue weighted by molar-refractivity contribution is 6.31. The van der Waals surface area contributed by atoms with Gasteiger partial charge in [-0.2, -0.15) is 0 Å². The molecule has 0 aromatic heterocycles. The molecule has 0 atom stereocenters. The van der Waals surface area contributed by atoms with Gasteiger partial charge in [-0.1, -0.05) is 24.1 Å². The minimum absolute atomic E-state index is 0.332. The first kappa shape index (κ1) is 13.7. The first-order chi connectivity index (χ1) is 8.69. The molecular weight excluding hydrogens is 248 g/mol. The van der Waals surface area contributed by atoms with Crippen LogP contribution >= 0.6 is 11.6 Å². The molecule has 18 heavy (non-hydrogen) atoms. The lowest BCUT2D eigenvalue weighted by molar-refractivity contribution is 0.141. The molecule has 0 radical (unpaired) electrons. The van der Waals surface area contributed by atoms with Crippen molar-refractivity contribution in [2.45, 2.75) is 25.8 Å². The maximum Gasteiger partial charge on any atom is 0.120 e. The third-order valence-electron chi connectivity index (χ3n) is 3.92. The van der Waals surface area contributed by atoms with Gasteiger partial charge in [-0.15, -0.1) is 0 Å². The van der Waals surface area contributed by atoms with Crippen LogP contribution in [0.2, 0.25) is 5.02 Å². The van der Waals surface area contributed by atoms with Gasteiger partial charge in [0.25, 0.3) is 0 Å². The van der Waals surface area contributed by atoms with Gasteiger partial charge < -0.3 is 15.8 Å². The molecule has 0 aliphatic heterocycles. The van der Waals surface area contributed by atoms with Gasteiger partial charge >= 0.3 is 0 Å². The normalized spacial score (nSPS) is 17.3. The lowest BCUT2D eigenvalue weighted by atomic mass is 9.69. The molecule has 0 bridgehead atoms. The minimum Gasteiger partial charge on any atom is -0.497 e. The third-order valence-corrected chi connectivity index (χ3v) is 4.27. The second kappa shape index (κ2) is 5.91. The van der Waals surface area contributed by atoms with E-state index in [2.05, 4.69) is 5.32 Å². The standard InChI is InChI=1S/C14H21ClN2O/c1-18-12-4-3-11(13(15)7-12)8-17-10-14(9-16)5-2-6-14/h3-4,7,17H,2,5-6,8-10,16H2,1H3. The molecule has 100 valence electrons. The molecule has 0 unspecified atom stereocenters.